The van der Waals surface area contributed by atoms with Crippen LogP contribution in [-0.4, -0.2) is 79.9 Å². The number of rotatable bonds is 6. The Morgan fingerprint density at radius 2 is 1.97 bits per heavy atom. The van der Waals surface area contributed by atoms with Crippen molar-refractivity contribution in [3.05, 3.63) is 29.3 Å². The Morgan fingerprint density at radius 3 is 2.58 bits per heavy atom. The SMILES string of the molecule is CN1CCC[C@H]1COc1ccc(C(F)(F)F)cc1C(=O)/N=C1\OC(C(C)(C)C)CN1C[C@H]1CCCO1. The summed E-state index contributed by atoms with van der Waals surface area (Å²) in [6, 6.07) is 3.23. The van der Waals surface area contributed by atoms with Crippen molar-refractivity contribution in [2.75, 3.05) is 39.9 Å². The number of amides is 1. The van der Waals surface area contributed by atoms with Gasteiger partial charge in [-0.05, 0) is 57.5 Å². The van der Waals surface area contributed by atoms with E-state index in [2.05, 4.69) is 9.89 Å². The van der Waals surface area contributed by atoms with Crippen molar-refractivity contribution in [2.24, 2.45) is 10.4 Å². The summed E-state index contributed by atoms with van der Waals surface area (Å²) in [7, 11) is 1.98. The zero-order chi connectivity index (χ0) is 26.1. The largest absolute Gasteiger partial charge is 0.491 e. The minimum atomic E-state index is -4.60. The third kappa shape index (κ3) is 6.32. The topological polar surface area (TPSA) is 63.6 Å². The van der Waals surface area contributed by atoms with Gasteiger partial charge in [-0.2, -0.15) is 18.2 Å². The molecule has 0 saturated carbocycles. The average Bonchev–Trinajstić information content (AvgIpc) is 3.54. The molecule has 0 radical (unpaired) electrons. The number of carbonyl (C=O) groups excluding carboxylic acids is 1. The Hall–Kier alpha value is -2.33. The van der Waals surface area contributed by atoms with Gasteiger partial charge in [-0.25, -0.2) is 0 Å². The predicted octanol–water partition coefficient (Wildman–Crippen LogP) is 4.60. The highest BCUT2D eigenvalue weighted by molar-refractivity contribution is 6.03. The van der Waals surface area contributed by atoms with Crippen LogP contribution in [-0.2, 0) is 15.7 Å². The fraction of sp³-hybridized carbons (Fsp3) is 0.692. The fourth-order valence-corrected chi connectivity index (χ4v) is 4.77. The first-order chi connectivity index (χ1) is 16.9. The van der Waals surface area contributed by atoms with E-state index in [0.29, 0.717) is 19.7 Å². The molecule has 7 nitrogen and oxygen atoms in total. The smallest absolute Gasteiger partial charge is 0.416 e. The molecule has 0 spiro atoms. The van der Waals surface area contributed by atoms with E-state index in [1.54, 1.807) is 0 Å². The lowest BCUT2D eigenvalue weighted by atomic mass is 9.89. The van der Waals surface area contributed by atoms with E-state index < -0.39 is 17.6 Å². The van der Waals surface area contributed by atoms with Gasteiger partial charge in [-0.1, -0.05) is 20.8 Å². The summed E-state index contributed by atoms with van der Waals surface area (Å²) in [5.41, 5.74) is -1.36. The van der Waals surface area contributed by atoms with Crippen LogP contribution in [0.1, 0.15) is 62.4 Å². The van der Waals surface area contributed by atoms with Crippen molar-refractivity contribution >= 4 is 11.9 Å². The molecule has 3 fully saturated rings. The molecular weight excluding hydrogens is 475 g/mol. The van der Waals surface area contributed by atoms with Gasteiger partial charge in [-0.15, -0.1) is 0 Å². The number of nitrogens with zero attached hydrogens (tertiary/aromatic N) is 3. The first-order valence-corrected chi connectivity index (χ1v) is 12.6. The predicted molar refractivity (Wildman–Crippen MR) is 129 cm³/mol. The Morgan fingerprint density at radius 1 is 1.19 bits per heavy atom. The first-order valence-electron chi connectivity index (χ1n) is 12.6. The van der Waals surface area contributed by atoms with Gasteiger partial charge in [0.25, 0.3) is 11.9 Å². The number of benzene rings is 1. The summed E-state index contributed by atoms with van der Waals surface area (Å²) in [5.74, 6) is -0.730. The highest BCUT2D eigenvalue weighted by Gasteiger charge is 2.40. The van der Waals surface area contributed by atoms with Crippen molar-refractivity contribution < 1.29 is 32.2 Å². The maximum absolute atomic E-state index is 13.5. The summed E-state index contributed by atoms with van der Waals surface area (Å²) < 4.78 is 58.1. The van der Waals surface area contributed by atoms with Gasteiger partial charge in [-0.3, -0.25) is 4.79 Å². The maximum Gasteiger partial charge on any atom is 0.416 e. The monoisotopic (exact) mass is 511 g/mol. The Kier molecular flexibility index (Phi) is 7.85. The Labute approximate surface area is 210 Å². The molecule has 3 aliphatic heterocycles. The number of amidine groups is 1. The van der Waals surface area contributed by atoms with Crippen LogP contribution in [0.3, 0.4) is 0 Å². The molecule has 4 rings (SSSR count). The number of ether oxygens (including phenoxy) is 3. The van der Waals surface area contributed by atoms with Crippen molar-refractivity contribution in [3.8, 4) is 5.75 Å². The van der Waals surface area contributed by atoms with Crippen LogP contribution in [0.25, 0.3) is 0 Å². The zero-order valence-electron chi connectivity index (χ0n) is 21.4. The quantitative estimate of drug-likeness (QED) is 0.556. The van der Waals surface area contributed by atoms with Crippen LogP contribution < -0.4 is 4.74 Å². The summed E-state index contributed by atoms with van der Waals surface area (Å²) in [4.78, 5) is 21.5. The number of hydrogen-bond donors (Lipinski definition) is 0. The minimum Gasteiger partial charge on any atom is -0.491 e. The van der Waals surface area contributed by atoms with Crippen LogP contribution in [0.4, 0.5) is 13.2 Å². The van der Waals surface area contributed by atoms with Crippen LogP contribution in [0, 0.1) is 5.41 Å². The van der Waals surface area contributed by atoms with Gasteiger partial charge in [0.05, 0.1) is 23.8 Å². The second kappa shape index (κ2) is 10.6. The molecular formula is C26H36F3N3O4. The first kappa shape index (κ1) is 26.7. The van der Waals surface area contributed by atoms with Crippen LogP contribution in [0.2, 0.25) is 0 Å². The fourth-order valence-electron chi connectivity index (χ4n) is 4.77. The molecule has 10 heteroatoms. The second-order valence-electron chi connectivity index (χ2n) is 11.0. The molecule has 0 aliphatic carbocycles. The molecule has 36 heavy (non-hydrogen) atoms. The van der Waals surface area contributed by atoms with Crippen molar-refractivity contribution in [1.82, 2.24) is 9.80 Å². The van der Waals surface area contributed by atoms with Gasteiger partial charge in [0.1, 0.15) is 18.5 Å². The van der Waals surface area contributed by atoms with Gasteiger partial charge in [0, 0.05) is 24.6 Å². The van der Waals surface area contributed by atoms with E-state index in [-0.39, 0.29) is 47.6 Å². The summed E-state index contributed by atoms with van der Waals surface area (Å²) >= 11 is 0. The summed E-state index contributed by atoms with van der Waals surface area (Å²) in [6.07, 6.45) is -0.982. The van der Waals surface area contributed by atoms with E-state index in [0.717, 1.165) is 44.4 Å². The lowest BCUT2D eigenvalue weighted by Gasteiger charge is -2.25. The van der Waals surface area contributed by atoms with E-state index >= 15 is 0 Å². The van der Waals surface area contributed by atoms with Gasteiger partial charge in [0.15, 0.2) is 0 Å². The van der Waals surface area contributed by atoms with Crippen molar-refractivity contribution in [3.63, 3.8) is 0 Å². The van der Waals surface area contributed by atoms with E-state index in [1.165, 1.54) is 6.07 Å². The molecule has 3 saturated heterocycles. The second-order valence-corrected chi connectivity index (χ2v) is 11.0. The molecule has 3 atom stereocenters. The average molecular weight is 512 g/mol. The Balaban J connectivity index is 1.61. The molecule has 200 valence electrons. The normalized spacial score (nSPS) is 26.6. The lowest BCUT2D eigenvalue weighted by molar-refractivity contribution is -0.137. The summed E-state index contributed by atoms with van der Waals surface area (Å²) in [5, 5.41) is 0. The maximum atomic E-state index is 13.5. The molecule has 0 bridgehead atoms. The molecule has 1 amide bonds. The van der Waals surface area contributed by atoms with E-state index in [9.17, 15) is 18.0 Å². The molecule has 3 aliphatic rings. The number of halogens is 3. The van der Waals surface area contributed by atoms with E-state index in [1.807, 2.05) is 32.7 Å². The number of alkyl halides is 3. The van der Waals surface area contributed by atoms with Crippen LogP contribution >= 0.6 is 0 Å². The number of aliphatic imine (C=N–C) groups is 1. The molecule has 1 aromatic rings. The molecule has 1 aromatic carbocycles. The standard InChI is InChI=1S/C26H36F3N3O4/c1-25(2,3)22-15-32(14-19-8-6-12-34-19)24(36-22)30-23(33)20-13-17(26(27,28)29)9-10-21(20)35-16-18-7-5-11-31(18)4/h9-10,13,18-19,22H,5-8,11-12,14-16H2,1-4H3/b30-24-/t18-,19+,22?/m0/s1. The zero-order valence-corrected chi connectivity index (χ0v) is 21.4. The third-order valence-electron chi connectivity index (χ3n) is 7.16. The van der Waals surface area contributed by atoms with Gasteiger partial charge in [0.2, 0.25) is 0 Å². The Bertz CT molecular complexity index is 970. The molecule has 1 unspecified atom stereocenters. The number of hydrogen-bond acceptors (Lipinski definition) is 5. The minimum absolute atomic E-state index is 0.00322. The number of likely N-dealkylation sites (tertiary alicyclic amines) is 1. The van der Waals surface area contributed by atoms with Gasteiger partial charge >= 0.3 is 6.18 Å². The van der Waals surface area contributed by atoms with Crippen molar-refractivity contribution in [1.29, 1.82) is 0 Å². The summed E-state index contributed by atoms with van der Waals surface area (Å²) in [6.45, 7) is 9.05. The molecule has 0 aromatic heterocycles. The van der Waals surface area contributed by atoms with E-state index in [4.69, 9.17) is 14.2 Å². The third-order valence-corrected chi connectivity index (χ3v) is 7.16. The highest BCUT2D eigenvalue weighted by Crippen LogP contribution is 2.34. The van der Waals surface area contributed by atoms with Crippen LogP contribution in [0.15, 0.2) is 23.2 Å². The molecule has 0 N–H and O–H groups in total. The molecule has 3 heterocycles. The van der Waals surface area contributed by atoms with Crippen molar-refractivity contribution in [2.45, 2.75) is 70.9 Å². The van der Waals surface area contributed by atoms with Gasteiger partial charge < -0.3 is 24.0 Å². The highest BCUT2D eigenvalue weighted by atomic mass is 19.4. The number of likely N-dealkylation sites (N-methyl/N-ethyl adjacent to an activating group) is 1. The lowest BCUT2D eigenvalue weighted by Crippen LogP contribution is -2.36. The number of carbonyl (C=O) groups is 1. The van der Waals surface area contributed by atoms with Crippen LogP contribution in [0.5, 0.6) is 5.75 Å².